The van der Waals surface area contributed by atoms with E-state index in [0.717, 1.165) is 29.0 Å². The average molecular weight is 408 g/mol. The van der Waals surface area contributed by atoms with Gasteiger partial charge in [-0.1, -0.05) is 67.1 Å². The molecule has 0 amide bonds. The number of aryl methyl sites for hydroxylation is 2. The van der Waals surface area contributed by atoms with E-state index in [1.807, 2.05) is 6.07 Å². The van der Waals surface area contributed by atoms with Gasteiger partial charge in [0, 0.05) is 24.0 Å². The van der Waals surface area contributed by atoms with Gasteiger partial charge >= 0.3 is 0 Å². The minimum absolute atomic E-state index is 0.293. The van der Waals surface area contributed by atoms with Gasteiger partial charge in [0.25, 0.3) is 0 Å². The van der Waals surface area contributed by atoms with Gasteiger partial charge < -0.3 is 4.90 Å². The van der Waals surface area contributed by atoms with Crippen molar-refractivity contribution >= 4 is 39.0 Å². The Kier molecular flexibility index (Phi) is 5.33. The molecule has 2 aromatic carbocycles. The Morgan fingerprint density at radius 3 is 2.39 bits per heavy atom. The van der Waals surface area contributed by atoms with Crippen molar-refractivity contribution in [2.75, 3.05) is 11.9 Å². The molecule has 0 aliphatic carbocycles. The SMILES string of the molecule is CCc1sc2nc(Cl)nc(N(C)Cc3ccccc3)c2c1-c1ccc(C)cc1. The summed E-state index contributed by atoms with van der Waals surface area (Å²) in [5.41, 5.74) is 4.92. The zero-order valence-electron chi connectivity index (χ0n) is 16.2. The predicted molar refractivity (Wildman–Crippen MR) is 121 cm³/mol. The second kappa shape index (κ2) is 7.90. The van der Waals surface area contributed by atoms with Gasteiger partial charge in [0.05, 0.1) is 5.39 Å². The summed E-state index contributed by atoms with van der Waals surface area (Å²) in [7, 11) is 2.06. The fraction of sp³-hybridized carbons (Fsp3) is 0.217. The molecular weight excluding hydrogens is 386 g/mol. The lowest BCUT2D eigenvalue weighted by Gasteiger charge is -2.20. The molecule has 5 heteroatoms. The van der Waals surface area contributed by atoms with Gasteiger partial charge in [-0.2, -0.15) is 4.98 Å². The number of aromatic nitrogens is 2. The summed E-state index contributed by atoms with van der Waals surface area (Å²) >= 11 is 8.01. The molecule has 2 aromatic heterocycles. The van der Waals surface area contributed by atoms with Crippen LogP contribution in [0.2, 0.25) is 5.28 Å². The number of anilines is 1. The van der Waals surface area contributed by atoms with Crippen molar-refractivity contribution in [3.8, 4) is 11.1 Å². The Morgan fingerprint density at radius 2 is 1.71 bits per heavy atom. The first-order chi connectivity index (χ1) is 13.6. The maximum absolute atomic E-state index is 6.30. The average Bonchev–Trinajstić information content (AvgIpc) is 3.07. The van der Waals surface area contributed by atoms with Gasteiger partial charge in [-0.3, -0.25) is 0 Å². The zero-order valence-corrected chi connectivity index (χ0v) is 17.8. The molecular formula is C23H22ClN3S. The van der Waals surface area contributed by atoms with Crippen LogP contribution in [0.15, 0.2) is 54.6 Å². The molecule has 0 N–H and O–H groups in total. The van der Waals surface area contributed by atoms with Crippen molar-refractivity contribution in [3.63, 3.8) is 0 Å². The molecule has 2 heterocycles. The van der Waals surface area contributed by atoms with E-state index in [4.69, 9.17) is 11.6 Å². The van der Waals surface area contributed by atoms with E-state index in [1.165, 1.54) is 27.1 Å². The third-order valence-electron chi connectivity index (χ3n) is 4.86. The highest BCUT2D eigenvalue weighted by Crippen LogP contribution is 2.43. The van der Waals surface area contributed by atoms with Gasteiger partial charge in [0.2, 0.25) is 5.28 Å². The molecule has 0 aliphatic heterocycles. The lowest BCUT2D eigenvalue weighted by molar-refractivity contribution is 0.901. The quantitative estimate of drug-likeness (QED) is 0.352. The number of benzene rings is 2. The van der Waals surface area contributed by atoms with E-state index in [-0.39, 0.29) is 0 Å². The maximum Gasteiger partial charge on any atom is 0.225 e. The Labute approximate surface area is 174 Å². The molecule has 0 spiro atoms. The van der Waals surface area contributed by atoms with Crippen LogP contribution in [0.25, 0.3) is 21.3 Å². The van der Waals surface area contributed by atoms with Crippen LogP contribution in [0.4, 0.5) is 5.82 Å². The van der Waals surface area contributed by atoms with E-state index >= 15 is 0 Å². The molecule has 0 saturated carbocycles. The van der Waals surface area contributed by atoms with Crippen molar-refractivity contribution in [2.24, 2.45) is 0 Å². The minimum Gasteiger partial charge on any atom is -0.355 e. The Hall–Kier alpha value is -2.43. The summed E-state index contributed by atoms with van der Waals surface area (Å²) < 4.78 is 0. The molecule has 0 saturated heterocycles. The molecule has 0 aliphatic rings. The number of thiophene rings is 1. The Balaban J connectivity index is 1.90. The summed E-state index contributed by atoms with van der Waals surface area (Å²) in [6.07, 6.45) is 0.948. The van der Waals surface area contributed by atoms with Gasteiger partial charge in [0.1, 0.15) is 10.6 Å². The van der Waals surface area contributed by atoms with Crippen molar-refractivity contribution in [1.29, 1.82) is 0 Å². The summed E-state index contributed by atoms with van der Waals surface area (Å²) in [6, 6.07) is 19.1. The molecule has 0 fully saturated rings. The van der Waals surface area contributed by atoms with Crippen LogP contribution in [0, 0.1) is 6.92 Å². The molecule has 28 heavy (non-hydrogen) atoms. The second-order valence-corrected chi connectivity index (χ2v) is 8.38. The summed E-state index contributed by atoms with van der Waals surface area (Å²) in [4.78, 5) is 13.6. The van der Waals surface area contributed by atoms with Gasteiger partial charge in [-0.25, -0.2) is 4.98 Å². The number of halogens is 1. The molecule has 142 valence electrons. The summed E-state index contributed by atoms with van der Waals surface area (Å²) in [6.45, 7) is 5.05. The number of hydrogen-bond acceptors (Lipinski definition) is 4. The lowest BCUT2D eigenvalue weighted by atomic mass is 10.0. The number of hydrogen-bond donors (Lipinski definition) is 0. The largest absolute Gasteiger partial charge is 0.355 e. The first kappa shape index (κ1) is 18.9. The molecule has 0 unspecified atom stereocenters. The van der Waals surface area contributed by atoms with Crippen LogP contribution in [-0.2, 0) is 13.0 Å². The van der Waals surface area contributed by atoms with Gasteiger partial charge in [0.15, 0.2) is 0 Å². The van der Waals surface area contributed by atoms with Crippen LogP contribution in [-0.4, -0.2) is 17.0 Å². The Bertz CT molecular complexity index is 1100. The summed E-state index contributed by atoms with van der Waals surface area (Å²) in [5.74, 6) is 0.880. The van der Waals surface area contributed by atoms with Crippen LogP contribution in [0.5, 0.6) is 0 Å². The monoisotopic (exact) mass is 407 g/mol. The smallest absolute Gasteiger partial charge is 0.225 e. The van der Waals surface area contributed by atoms with E-state index in [9.17, 15) is 0 Å². The normalized spacial score (nSPS) is 11.1. The fourth-order valence-corrected chi connectivity index (χ4v) is 4.83. The zero-order chi connectivity index (χ0) is 19.7. The molecule has 0 radical (unpaired) electrons. The first-order valence-electron chi connectivity index (χ1n) is 9.37. The van der Waals surface area contributed by atoms with E-state index in [2.05, 4.69) is 84.3 Å². The highest BCUT2D eigenvalue weighted by atomic mass is 35.5. The number of fused-ring (bicyclic) bond motifs is 1. The molecule has 4 aromatic rings. The van der Waals surface area contributed by atoms with E-state index < -0.39 is 0 Å². The molecule has 4 rings (SSSR count). The second-order valence-electron chi connectivity index (χ2n) is 6.96. The third kappa shape index (κ3) is 3.62. The lowest BCUT2D eigenvalue weighted by Crippen LogP contribution is -2.18. The van der Waals surface area contributed by atoms with Gasteiger partial charge in [-0.15, -0.1) is 11.3 Å². The highest BCUT2D eigenvalue weighted by molar-refractivity contribution is 7.19. The van der Waals surface area contributed by atoms with Crippen LogP contribution < -0.4 is 4.90 Å². The fourth-order valence-electron chi connectivity index (χ4n) is 3.49. The standard InChI is InChI=1S/C23H22ClN3S/c1-4-18-19(17-12-10-15(2)11-13-17)20-21(25-23(24)26-22(20)28-18)27(3)14-16-8-6-5-7-9-16/h5-13H,4,14H2,1-3H3. The van der Waals surface area contributed by atoms with E-state index in [0.29, 0.717) is 5.28 Å². The first-order valence-corrected chi connectivity index (χ1v) is 10.6. The van der Waals surface area contributed by atoms with Crippen molar-refractivity contribution < 1.29 is 0 Å². The maximum atomic E-state index is 6.30. The molecule has 0 bridgehead atoms. The number of rotatable bonds is 5. The van der Waals surface area contributed by atoms with E-state index in [1.54, 1.807) is 11.3 Å². The van der Waals surface area contributed by atoms with Gasteiger partial charge in [-0.05, 0) is 36.1 Å². The van der Waals surface area contributed by atoms with Crippen molar-refractivity contribution in [3.05, 3.63) is 75.9 Å². The van der Waals surface area contributed by atoms with Crippen LogP contribution in [0.1, 0.15) is 22.9 Å². The third-order valence-corrected chi connectivity index (χ3v) is 6.26. The van der Waals surface area contributed by atoms with Crippen LogP contribution in [0.3, 0.4) is 0 Å². The molecule has 0 atom stereocenters. The topological polar surface area (TPSA) is 29.0 Å². The molecule has 3 nitrogen and oxygen atoms in total. The minimum atomic E-state index is 0.293. The highest BCUT2D eigenvalue weighted by Gasteiger charge is 2.21. The Morgan fingerprint density at radius 1 is 1.00 bits per heavy atom. The van der Waals surface area contributed by atoms with Crippen molar-refractivity contribution in [2.45, 2.75) is 26.8 Å². The summed E-state index contributed by atoms with van der Waals surface area (Å²) in [5, 5.41) is 1.38. The van der Waals surface area contributed by atoms with Crippen molar-refractivity contribution in [1.82, 2.24) is 9.97 Å². The predicted octanol–water partition coefficient (Wildman–Crippen LogP) is 6.52. The van der Waals surface area contributed by atoms with Crippen LogP contribution >= 0.6 is 22.9 Å². The number of nitrogens with zero attached hydrogens (tertiary/aromatic N) is 3.